The maximum Gasteiger partial charge on any atom is 0.278 e. The highest BCUT2D eigenvalue weighted by molar-refractivity contribution is 6.28. The molecule has 2 heterocycles. The third-order valence-electron chi connectivity index (χ3n) is 1.91. The maximum atomic E-state index is 11.5. The molecule has 1 unspecified atom stereocenters. The predicted molar refractivity (Wildman–Crippen MR) is 54.8 cm³/mol. The molecule has 80 valence electrons. The molecule has 0 radical (unpaired) electrons. The van der Waals surface area contributed by atoms with Gasteiger partial charge in [0.1, 0.15) is 5.52 Å². The lowest BCUT2D eigenvalue weighted by atomic mass is 10.4. The minimum atomic E-state index is -0.580. The number of rotatable bonds is 2. The summed E-state index contributed by atoms with van der Waals surface area (Å²) in [4.78, 5) is 17.8. The average Bonchev–Trinajstić information content (AvgIpc) is 2.46. The van der Waals surface area contributed by atoms with Gasteiger partial charge >= 0.3 is 0 Å². The van der Waals surface area contributed by atoms with Gasteiger partial charge in [0.2, 0.25) is 5.28 Å². The first-order valence-electron chi connectivity index (χ1n) is 4.37. The number of hydrogen-bond donors (Lipinski definition) is 2. The van der Waals surface area contributed by atoms with Crippen LogP contribution in [-0.4, -0.2) is 31.0 Å². The summed E-state index contributed by atoms with van der Waals surface area (Å²) in [5, 5.41) is 13.2. The van der Waals surface area contributed by atoms with Crippen LogP contribution in [0.1, 0.15) is 6.92 Å². The first-order chi connectivity index (χ1) is 7.08. The topological polar surface area (TPSA) is 83.8 Å². The first-order valence-corrected chi connectivity index (χ1v) is 4.75. The van der Waals surface area contributed by atoms with Crippen LogP contribution in [0.5, 0.6) is 0 Å². The quantitative estimate of drug-likeness (QED) is 0.717. The van der Waals surface area contributed by atoms with E-state index in [1.807, 2.05) is 0 Å². The zero-order chi connectivity index (χ0) is 11.0. The van der Waals surface area contributed by atoms with Crippen LogP contribution < -0.4 is 5.56 Å². The van der Waals surface area contributed by atoms with Crippen molar-refractivity contribution >= 4 is 22.6 Å². The SMILES string of the molecule is CC(O)Cn1ncc2nc(Cl)[nH]c(=O)c21. The van der Waals surface area contributed by atoms with E-state index in [1.165, 1.54) is 10.9 Å². The van der Waals surface area contributed by atoms with Gasteiger partial charge in [-0.25, -0.2) is 4.98 Å². The molecule has 0 aliphatic carbocycles. The van der Waals surface area contributed by atoms with Crippen molar-refractivity contribution in [2.45, 2.75) is 19.6 Å². The zero-order valence-electron chi connectivity index (χ0n) is 7.94. The Morgan fingerprint density at radius 1 is 1.73 bits per heavy atom. The molecule has 2 N–H and O–H groups in total. The monoisotopic (exact) mass is 228 g/mol. The molecule has 7 heteroatoms. The molecule has 2 aromatic heterocycles. The van der Waals surface area contributed by atoms with Gasteiger partial charge in [-0.05, 0) is 18.5 Å². The molecule has 1 atom stereocenters. The van der Waals surface area contributed by atoms with Gasteiger partial charge in [-0.3, -0.25) is 14.5 Å². The van der Waals surface area contributed by atoms with Crippen LogP contribution in [0.15, 0.2) is 11.0 Å². The fraction of sp³-hybridized carbons (Fsp3) is 0.375. The van der Waals surface area contributed by atoms with Crippen LogP contribution in [-0.2, 0) is 6.54 Å². The van der Waals surface area contributed by atoms with Crippen LogP contribution in [0.4, 0.5) is 0 Å². The number of aromatic nitrogens is 4. The Morgan fingerprint density at radius 2 is 2.47 bits per heavy atom. The molecule has 0 fully saturated rings. The first kappa shape index (κ1) is 10.1. The molecule has 0 amide bonds. The van der Waals surface area contributed by atoms with E-state index < -0.39 is 6.10 Å². The number of aliphatic hydroxyl groups is 1. The summed E-state index contributed by atoms with van der Waals surface area (Å²) in [6, 6.07) is 0. The average molecular weight is 229 g/mol. The van der Waals surface area contributed by atoms with E-state index in [4.69, 9.17) is 11.6 Å². The van der Waals surface area contributed by atoms with Gasteiger partial charge in [-0.1, -0.05) is 0 Å². The maximum absolute atomic E-state index is 11.5. The Hall–Kier alpha value is -1.40. The lowest BCUT2D eigenvalue weighted by Gasteiger charge is -2.04. The second-order valence-corrected chi connectivity index (χ2v) is 3.62. The second-order valence-electron chi connectivity index (χ2n) is 3.27. The minimum absolute atomic E-state index is 0.0316. The molecular weight excluding hydrogens is 220 g/mol. The molecule has 0 bridgehead atoms. The summed E-state index contributed by atoms with van der Waals surface area (Å²) in [5.74, 6) is 0. The number of aliphatic hydroxyl groups excluding tert-OH is 1. The smallest absolute Gasteiger partial charge is 0.278 e. The molecule has 0 saturated carbocycles. The van der Waals surface area contributed by atoms with Crippen LogP contribution in [0.2, 0.25) is 5.28 Å². The number of aromatic amines is 1. The molecule has 15 heavy (non-hydrogen) atoms. The van der Waals surface area contributed by atoms with Crippen molar-refractivity contribution in [1.82, 2.24) is 19.7 Å². The Morgan fingerprint density at radius 3 is 3.13 bits per heavy atom. The molecule has 0 aliphatic heterocycles. The number of nitrogens with one attached hydrogen (secondary N) is 1. The molecule has 2 rings (SSSR count). The van der Waals surface area contributed by atoms with E-state index in [-0.39, 0.29) is 17.4 Å². The van der Waals surface area contributed by atoms with Crippen molar-refractivity contribution in [3.8, 4) is 0 Å². The van der Waals surface area contributed by atoms with Gasteiger partial charge in [-0.2, -0.15) is 5.10 Å². The molecule has 6 nitrogen and oxygen atoms in total. The summed E-state index contributed by atoms with van der Waals surface area (Å²) in [7, 11) is 0. The number of halogens is 1. The fourth-order valence-electron chi connectivity index (χ4n) is 1.37. The lowest BCUT2D eigenvalue weighted by molar-refractivity contribution is 0.170. The van der Waals surface area contributed by atoms with E-state index in [1.54, 1.807) is 6.92 Å². The number of nitrogens with zero attached hydrogens (tertiary/aromatic N) is 3. The highest BCUT2D eigenvalue weighted by atomic mass is 35.5. The summed E-state index contributed by atoms with van der Waals surface area (Å²) in [6.07, 6.45) is 0.863. The third-order valence-corrected chi connectivity index (χ3v) is 2.09. The molecule has 0 saturated heterocycles. The Balaban J connectivity index is 2.64. The molecule has 0 aromatic carbocycles. The van der Waals surface area contributed by atoms with Gasteiger partial charge in [0, 0.05) is 0 Å². The van der Waals surface area contributed by atoms with Crippen molar-refractivity contribution < 1.29 is 5.11 Å². The van der Waals surface area contributed by atoms with Crippen molar-refractivity contribution in [2.75, 3.05) is 0 Å². The standard InChI is InChI=1S/C8H9ClN4O2/c1-4(14)3-13-6-5(2-10-13)11-8(9)12-7(6)15/h2,4,14H,3H2,1H3,(H,11,12,15). The number of fused-ring (bicyclic) bond motifs is 1. The molecule has 2 aromatic rings. The van der Waals surface area contributed by atoms with Gasteiger partial charge in [0.25, 0.3) is 5.56 Å². The molecule has 0 spiro atoms. The normalized spacial score (nSPS) is 13.3. The Kier molecular flexibility index (Phi) is 2.45. The Labute approximate surface area is 89.5 Å². The highest BCUT2D eigenvalue weighted by Crippen LogP contribution is 2.08. The zero-order valence-corrected chi connectivity index (χ0v) is 8.69. The van der Waals surface area contributed by atoms with Gasteiger partial charge in [0.15, 0.2) is 5.52 Å². The van der Waals surface area contributed by atoms with E-state index >= 15 is 0 Å². The van der Waals surface area contributed by atoms with E-state index in [9.17, 15) is 9.90 Å². The molecular formula is C8H9ClN4O2. The highest BCUT2D eigenvalue weighted by Gasteiger charge is 2.10. The predicted octanol–water partition coefficient (Wildman–Crippen LogP) is 0.154. The summed E-state index contributed by atoms with van der Waals surface area (Å²) in [6.45, 7) is 1.86. The van der Waals surface area contributed by atoms with Gasteiger partial charge < -0.3 is 5.11 Å². The van der Waals surface area contributed by atoms with Crippen LogP contribution >= 0.6 is 11.6 Å². The molecule has 0 aliphatic rings. The van der Waals surface area contributed by atoms with Crippen molar-refractivity contribution in [1.29, 1.82) is 0 Å². The van der Waals surface area contributed by atoms with E-state index in [2.05, 4.69) is 15.1 Å². The summed E-state index contributed by atoms with van der Waals surface area (Å²) >= 11 is 5.59. The van der Waals surface area contributed by atoms with Crippen LogP contribution in [0.25, 0.3) is 11.0 Å². The fourth-order valence-corrected chi connectivity index (χ4v) is 1.54. The van der Waals surface area contributed by atoms with E-state index in [0.717, 1.165) is 0 Å². The lowest BCUT2D eigenvalue weighted by Crippen LogP contribution is -2.18. The van der Waals surface area contributed by atoms with Crippen molar-refractivity contribution in [2.24, 2.45) is 0 Å². The second kappa shape index (κ2) is 3.63. The Bertz CT molecular complexity index is 545. The number of H-pyrrole nitrogens is 1. The van der Waals surface area contributed by atoms with Crippen LogP contribution in [0, 0.1) is 0 Å². The summed E-state index contributed by atoms with van der Waals surface area (Å²) < 4.78 is 1.40. The van der Waals surface area contributed by atoms with Crippen molar-refractivity contribution in [3.63, 3.8) is 0 Å². The van der Waals surface area contributed by atoms with Crippen molar-refractivity contribution in [3.05, 3.63) is 21.8 Å². The third kappa shape index (κ3) is 1.86. The van der Waals surface area contributed by atoms with Gasteiger partial charge in [0.05, 0.1) is 18.8 Å². The number of hydrogen-bond acceptors (Lipinski definition) is 4. The minimum Gasteiger partial charge on any atom is -0.391 e. The summed E-state index contributed by atoms with van der Waals surface area (Å²) in [5.41, 5.74) is 0.382. The largest absolute Gasteiger partial charge is 0.391 e. The van der Waals surface area contributed by atoms with E-state index in [0.29, 0.717) is 11.0 Å². The van der Waals surface area contributed by atoms with Crippen LogP contribution in [0.3, 0.4) is 0 Å². The van der Waals surface area contributed by atoms with Gasteiger partial charge in [-0.15, -0.1) is 0 Å².